The van der Waals surface area contributed by atoms with Crippen LogP contribution in [0, 0.1) is 0 Å². The van der Waals surface area contributed by atoms with Crippen LogP contribution in [0.2, 0.25) is 0 Å². The molecule has 1 aliphatic rings. The molecule has 0 aromatic heterocycles. The number of ether oxygens (including phenoxy) is 1. The van der Waals surface area contributed by atoms with E-state index >= 15 is 0 Å². The van der Waals surface area contributed by atoms with E-state index in [2.05, 4.69) is 12.2 Å². The third-order valence-electron chi connectivity index (χ3n) is 3.31. The van der Waals surface area contributed by atoms with Crippen LogP contribution < -0.4 is 10.1 Å². The molecule has 0 unspecified atom stereocenters. The van der Waals surface area contributed by atoms with Crippen molar-refractivity contribution >= 4 is 6.09 Å². The van der Waals surface area contributed by atoms with E-state index in [1.165, 1.54) is 19.3 Å². The molecule has 2 rings (SSSR count). The number of hydrogen-bond acceptors (Lipinski definition) is 2. The molecule has 1 N–H and O–H groups in total. The number of hydrogen-bond donors (Lipinski definition) is 1. The Balaban J connectivity index is 1.88. The van der Waals surface area contributed by atoms with Crippen molar-refractivity contribution in [2.24, 2.45) is 0 Å². The van der Waals surface area contributed by atoms with E-state index in [0.717, 1.165) is 12.8 Å². The van der Waals surface area contributed by atoms with Crippen LogP contribution in [0.1, 0.15) is 39.0 Å². The molecular weight excluding hydrogens is 214 g/mol. The highest BCUT2D eigenvalue weighted by Crippen LogP contribution is 2.27. The van der Waals surface area contributed by atoms with E-state index in [-0.39, 0.29) is 11.6 Å². The van der Waals surface area contributed by atoms with Gasteiger partial charge in [-0.2, -0.15) is 0 Å². The van der Waals surface area contributed by atoms with Gasteiger partial charge in [0.1, 0.15) is 5.75 Å². The van der Waals surface area contributed by atoms with Crippen molar-refractivity contribution in [3.05, 3.63) is 30.3 Å². The van der Waals surface area contributed by atoms with Crippen molar-refractivity contribution in [2.45, 2.75) is 44.6 Å². The number of amides is 1. The van der Waals surface area contributed by atoms with E-state index in [9.17, 15) is 4.79 Å². The van der Waals surface area contributed by atoms with Crippen LogP contribution in [-0.2, 0) is 0 Å². The van der Waals surface area contributed by atoms with Crippen LogP contribution in [0.3, 0.4) is 0 Å². The molecule has 1 aromatic carbocycles. The maximum Gasteiger partial charge on any atom is 0.413 e. The molecule has 17 heavy (non-hydrogen) atoms. The molecule has 0 bridgehead atoms. The summed E-state index contributed by atoms with van der Waals surface area (Å²) >= 11 is 0. The topological polar surface area (TPSA) is 38.3 Å². The predicted molar refractivity (Wildman–Crippen MR) is 67.1 cm³/mol. The predicted octanol–water partition coefficient (Wildman–Crippen LogP) is 3.50. The second-order valence-corrected chi connectivity index (χ2v) is 4.95. The first-order valence-corrected chi connectivity index (χ1v) is 6.23. The Morgan fingerprint density at radius 2 is 1.82 bits per heavy atom. The van der Waals surface area contributed by atoms with E-state index in [4.69, 9.17) is 4.74 Å². The maximum atomic E-state index is 11.8. The second kappa shape index (κ2) is 5.21. The summed E-state index contributed by atoms with van der Waals surface area (Å²) in [4.78, 5) is 11.8. The molecule has 1 amide bonds. The molecule has 1 fully saturated rings. The Bertz CT molecular complexity index is 369. The van der Waals surface area contributed by atoms with Gasteiger partial charge in [0, 0.05) is 5.54 Å². The summed E-state index contributed by atoms with van der Waals surface area (Å²) in [7, 11) is 0. The molecule has 0 heterocycles. The fraction of sp³-hybridized carbons (Fsp3) is 0.500. The summed E-state index contributed by atoms with van der Waals surface area (Å²) in [5.41, 5.74) is -0.0931. The zero-order valence-electron chi connectivity index (χ0n) is 10.2. The Morgan fingerprint density at radius 1 is 1.18 bits per heavy atom. The molecule has 1 aliphatic carbocycles. The average Bonchev–Trinajstić information content (AvgIpc) is 2.30. The molecule has 0 spiro atoms. The van der Waals surface area contributed by atoms with E-state index in [0.29, 0.717) is 5.75 Å². The van der Waals surface area contributed by atoms with Crippen LogP contribution in [0.4, 0.5) is 4.79 Å². The van der Waals surface area contributed by atoms with Crippen molar-refractivity contribution in [1.29, 1.82) is 0 Å². The van der Waals surface area contributed by atoms with Crippen LogP contribution in [0.15, 0.2) is 30.3 Å². The van der Waals surface area contributed by atoms with Gasteiger partial charge in [-0.15, -0.1) is 0 Å². The second-order valence-electron chi connectivity index (χ2n) is 4.95. The van der Waals surface area contributed by atoms with Crippen LogP contribution >= 0.6 is 0 Å². The lowest BCUT2D eigenvalue weighted by Crippen LogP contribution is -2.48. The van der Waals surface area contributed by atoms with Crippen LogP contribution in [-0.4, -0.2) is 11.6 Å². The van der Waals surface area contributed by atoms with Gasteiger partial charge in [0.2, 0.25) is 0 Å². The minimum Gasteiger partial charge on any atom is -0.410 e. The van der Waals surface area contributed by atoms with Gasteiger partial charge in [0.05, 0.1) is 0 Å². The number of para-hydroxylation sites is 1. The van der Waals surface area contributed by atoms with E-state index in [1.54, 1.807) is 12.1 Å². The first kappa shape index (κ1) is 12.0. The molecule has 1 aromatic rings. The first-order chi connectivity index (χ1) is 8.18. The Labute approximate surface area is 102 Å². The van der Waals surface area contributed by atoms with Gasteiger partial charge in [0.25, 0.3) is 0 Å². The SMILES string of the molecule is CC1(NC(=O)Oc2ccccc2)CCCCC1. The minimum atomic E-state index is -0.347. The van der Waals surface area contributed by atoms with Crippen molar-refractivity contribution in [3.8, 4) is 5.75 Å². The number of carbonyl (C=O) groups excluding carboxylic acids is 1. The summed E-state index contributed by atoms with van der Waals surface area (Å²) in [6, 6.07) is 9.16. The normalized spacial score (nSPS) is 18.4. The molecule has 0 saturated heterocycles. The Kier molecular flexibility index (Phi) is 3.67. The number of carbonyl (C=O) groups is 1. The van der Waals surface area contributed by atoms with Gasteiger partial charge >= 0.3 is 6.09 Å². The van der Waals surface area contributed by atoms with E-state index in [1.807, 2.05) is 18.2 Å². The molecular formula is C14H19NO2. The van der Waals surface area contributed by atoms with E-state index < -0.39 is 0 Å². The zero-order valence-corrected chi connectivity index (χ0v) is 10.2. The smallest absolute Gasteiger partial charge is 0.410 e. The summed E-state index contributed by atoms with van der Waals surface area (Å²) in [6.45, 7) is 2.10. The molecule has 92 valence electrons. The summed E-state index contributed by atoms with van der Waals surface area (Å²) in [5.74, 6) is 0.587. The quantitative estimate of drug-likeness (QED) is 0.849. The summed E-state index contributed by atoms with van der Waals surface area (Å²) in [6.07, 6.45) is 5.36. The van der Waals surface area contributed by atoms with Gasteiger partial charge in [-0.1, -0.05) is 37.5 Å². The fourth-order valence-corrected chi connectivity index (χ4v) is 2.32. The summed E-state index contributed by atoms with van der Waals surface area (Å²) < 4.78 is 5.23. The molecule has 1 saturated carbocycles. The van der Waals surface area contributed by atoms with Gasteiger partial charge < -0.3 is 10.1 Å². The lowest BCUT2D eigenvalue weighted by atomic mass is 9.83. The molecule has 0 radical (unpaired) electrons. The number of nitrogens with one attached hydrogen (secondary N) is 1. The first-order valence-electron chi connectivity index (χ1n) is 6.23. The highest BCUT2D eigenvalue weighted by molar-refractivity contribution is 5.71. The largest absolute Gasteiger partial charge is 0.413 e. The van der Waals surface area contributed by atoms with Crippen molar-refractivity contribution in [2.75, 3.05) is 0 Å². The average molecular weight is 233 g/mol. The molecule has 3 nitrogen and oxygen atoms in total. The van der Waals surface area contributed by atoms with Gasteiger partial charge in [-0.3, -0.25) is 0 Å². The number of benzene rings is 1. The highest BCUT2D eigenvalue weighted by atomic mass is 16.6. The van der Waals surface area contributed by atoms with Gasteiger partial charge in [-0.25, -0.2) is 4.79 Å². The molecule has 0 atom stereocenters. The Morgan fingerprint density at radius 3 is 2.47 bits per heavy atom. The fourth-order valence-electron chi connectivity index (χ4n) is 2.32. The lowest BCUT2D eigenvalue weighted by molar-refractivity contribution is 0.174. The Hall–Kier alpha value is -1.51. The highest BCUT2D eigenvalue weighted by Gasteiger charge is 2.28. The summed E-state index contributed by atoms with van der Waals surface area (Å²) in [5, 5.41) is 2.98. The van der Waals surface area contributed by atoms with Gasteiger partial charge in [0.15, 0.2) is 0 Å². The maximum absolute atomic E-state index is 11.8. The third-order valence-corrected chi connectivity index (χ3v) is 3.31. The van der Waals surface area contributed by atoms with Crippen molar-refractivity contribution in [1.82, 2.24) is 5.32 Å². The zero-order chi connectivity index (χ0) is 12.1. The third kappa shape index (κ3) is 3.48. The van der Waals surface area contributed by atoms with Crippen molar-refractivity contribution < 1.29 is 9.53 Å². The molecule has 0 aliphatic heterocycles. The lowest BCUT2D eigenvalue weighted by Gasteiger charge is -2.33. The van der Waals surface area contributed by atoms with Gasteiger partial charge in [-0.05, 0) is 31.9 Å². The van der Waals surface area contributed by atoms with Crippen LogP contribution in [0.5, 0.6) is 5.75 Å². The minimum absolute atomic E-state index is 0.0931. The molecule has 3 heteroatoms. The van der Waals surface area contributed by atoms with Crippen LogP contribution in [0.25, 0.3) is 0 Å². The number of rotatable bonds is 2. The van der Waals surface area contributed by atoms with Crippen molar-refractivity contribution in [3.63, 3.8) is 0 Å². The standard InChI is InChI=1S/C14H19NO2/c1-14(10-6-3-7-11-14)15-13(16)17-12-8-4-2-5-9-12/h2,4-5,8-9H,3,6-7,10-11H2,1H3,(H,15,16). The monoisotopic (exact) mass is 233 g/mol.